The van der Waals surface area contributed by atoms with Crippen LogP contribution in [0, 0.1) is 0 Å². The number of nitrogens with one attached hydrogen (secondary N) is 1. The van der Waals surface area contributed by atoms with Crippen LogP contribution in [0.5, 0.6) is 0 Å². The molecule has 18 heavy (non-hydrogen) atoms. The largest absolute Gasteiger partial charge is 0.478 e. The van der Waals surface area contributed by atoms with E-state index < -0.39 is 16.0 Å². The summed E-state index contributed by atoms with van der Waals surface area (Å²) in [6, 6.07) is 6.02. The van der Waals surface area contributed by atoms with E-state index in [1.165, 1.54) is 25.1 Å². The molecule has 1 rings (SSSR count). The standard InChI is InChI=1S/C12H15NO4S/c1-3-13-18(16,17)11-6-4-10(5-7-11)8-9(2)12(14)15/h4-8,13H,3H2,1-2H3,(H,14,15)/b9-8+. The predicted molar refractivity (Wildman–Crippen MR) is 68.6 cm³/mol. The van der Waals surface area contributed by atoms with Crippen LogP contribution < -0.4 is 4.72 Å². The van der Waals surface area contributed by atoms with Crippen LogP contribution in [0.4, 0.5) is 0 Å². The highest BCUT2D eigenvalue weighted by Crippen LogP contribution is 2.13. The molecule has 0 bridgehead atoms. The predicted octanol–water partition coefficient (Wildman–Crippen LogP) is 1.47. The van der Waals surface area contributed by atoms with Crippen molar-refractivity contribution in [2.75, 3.05) is 6.54 Å². The summed E-state index contributed by atoms with van der Waals surface area (Å²) in [4.78, 5) is 10.8. The van der Waals surface area contributed by atoms with E-state index >= 15 is 0 Å². The summed E-state index contributed by atoms with van der Waals surface area (Å²) in [5.41, 5.74) is 0.836. The molecule has 0 unspecified atom stereocenters. The van der Waals surface area contributed by atoms with Crippen LogP contribution in [0.1, 0.15) is 19.4 Å². The SMILES string of the molecule is CCNS(=O)(=O)c1ccc(/C=C(\C)C(=O)O)cc1. The van der Waals surface area contributed by atoms with Gasteiger partial charge in [0, 0.05) is 12.1 Å². The summed E-state index contributed by atoms with van der Waals surface area (Å²) in [7, 11) is -3.46. The summed E-state index contributed by atoms with van der Waals surface area (Å²) in [6.07, 6.45) is 1.48. The minimum Gasteiger partial charge on any atom is -0.478 e. The van der Waals surface area contributed by atoms with Crippen molar-refractivity contribution in [1.82, 2.24) is 4.72 Å². The van der Waals surface area contributed by atoms with Crippen molar-refractivity contribution in [3.8, 4) is 0 Å². The highest BCUT2D eigenvalue weighted by atomic mass is 32.2. The number of aliphatic carboxylic acids is 1. The van der Waals surface area contributed by atoms with E-state index in [1.54, 1.807) is 19.1 Å². The smallest absolute Gasteiger partial charge is 0.331 e. The van der Waals surface area contributed by atoms with E-state index in [0.29, 0.717) is 12.1 Å². The zero-order valence-corrected chi connectivity index (χ0v) is 11.0. The minimum atomic E-state index is -3.46. The number of hydrogen-bond donors (Lipinski definition) is 2. The number of hydrogen-bond acceptors (Lipinski definition) is 3. The zero-order valence-electron chi connectivity index (χ0n) is 10.2. The summed E-state index contributed by atoms with van der Waals surface area (Å²) in [6.45, 7) is 3.50. The fraction of sp³-hybridized carbons (Fsp3) is 0.250. The number of carboxylic acid groups (broad SMARTS) is 1. The Morgan fingerprint density at radius 3 is 2.33 bits per heavy atom. The van der Waals surface area contributed by atoms with E-state index in [4.69, 9.17) is 5.11 Å². The Bertz CT molecular complexity index is 558. The van der Waals surface area contributed by atoms with Crippen LogP contribution in [0.2, 0.25) is 0 Å². The molecule has 0 aliphatic heterocycles. The molecule has 0 aliphatic rings. The fourth-order valence-corrected chi connectivity index (χ4v) is 2.37. The van der Waals surface area contributed by atoms with Gasteiger partial charge in [-0.2, -0.15) is 0 Å². The van der Waals surface area contributed by atoms with Crippen LogP contribution in [0.25, 0.3) is 6.08 Å². The summed E-state index contributed by atoms with van der Waals surface area (Å²) < 4.78 is 25.7. The van der Waals surface area contributed by atoms with Gasteiger partial charge in [0.05, 0.1) is 4.90 Å². The first-order valence-corrected chi connectivity index (χ1v) is 6.86. The van der Waals surface area contributed by atoms with Gasteiger partial charge in [-0.3, -0.25) is 0 Å². The average Bonchev–Trinajstić information content (AvgIpc) is 2.29. The second kappa shape index (κ2) is 5.79. The summed E-state index contributed by atoms with van der Waals surface area (Å²) in [5.74, 6) is -1.00. The highest BCUT2D eigenvalue weighted by Gasteiger charge is 2.11. The Labute approximate surface area is 106 Å². The molecule has 0 atom stereocenters. The first-order valence-electron chi connectivity index (χ1n) is 5.38. The van der Waals surface area contributed by atoms with Gasteiger partial charge >= 0.3 is 5.97 Å². The lowest BCUT2D eigenvalue weighted by molar-refractivity contribution is -0.132. The molecule has 0 amide bonds. The van der Waals surface area contributed by atoms with Gasteiger partial charge in [-0.25, -0.2) is 17.9 Å². The number of carboxylic acids is 1. The maximum absolute atomic E-state index is 11.7. The average molecular weight is 269 g/mol. The second-order valence-electron chi connectivity index (χ2n) is 3.70. The van der Waals surface area contributed by atoms with Crippen LogP contribution in [-0.2, 0) is 14.8 Å². The van der Waals surface area contributed by atoms with E-state index in [-0.39, 0.29) is 10.5 Å². The van der Waals surface area contributed by atoms with Crippen LogP contribution in [-0.4, -0.2) is 26.0 Å². The molecule has 5 nitrogen and oxygen atoms in total. The number of rotatable bonds is 5. The van der Waals surface area contributed by atoms with E-state index in [9.17, 15) is 13.2 Å². The first kappa shape index (κ1) is 14.4. The maximum Gasteiger partial charge on any atom is 0.331 e. The minimum absolute atomic E-state index is 0.162. The molecule has 0 heterocycles. The van der Waals surface area contributed by atoms with E-state index in [0.717, 1.165) is 0 Å². The van der Waals surface area contributed by atoms with Gasteiger partial charge in [0.25, 0.3) is 0 Å². The Morgan fingerprint density at radius 1 is 1.33 bits per heavy atom. The lowest BCUT2D eigenvalue weighted by atomic mass is 10.1. The molecule has 0 aromatic heterocycles. The van der Waals surface area contributed by atoms with Crippen molar-refractivity contribution in [2.45, 2.75) is 18.7 Å². The van der Waals surface area contributed by atoms with Crippen LogP contribution in [0.15, 0.2) is 34.7 Å². The summed E-state index contributed by atoms with van der Waals surface area (Å²) >= 11 is 0. The van der Waals surface area contributed by atoms with Gasteiger partial charge in [0.15, 0.2) is 0 Å². The molecule has 1 aromatic rings. The maximum atomic E-state index is 11.7. The second-order valence-corrected chi connectivity index (χ2v) is 5.47. The molecular weight excluding hydrogens is 254 g/mol. The normalized spacial score (nSPS) is 12.4. The Balaban J connectivity index is 3.01. The van der Waals surface area contributed by atoms with Gasteiger partial charge in [-0.1, -0.05) is 19.1 Å². The van der Waals surface area contributed by atoms with Crippen LogP contribution >= 0.6 is 0 Å². The van der Waals surface area contributed by atoms with Crippen molar-refractivity contribution in [3.63, 3.8) is 0 Å². The molecule has 98 valence electrons. The molecule has 6 heteroatoms. The monoisotopic (exact) mass is 269 g/mol. The molecule has 1 aromatic carbocycles. The van der Waals surface area contributed by atoms with Crippen LogP contribution in [0.3, 0.4) is 0 Å². The Morgan fingerprint density at radius 2 is 1.89 bits per heavy atom. The van der Waals surface area contributed by atoms with Gasteiger partial charge in [0.1, 0.15) is 0 Å². The third kappa shape index (κ3) is 3.68. The topological polar surface area (TPSA) is 83.5 Å². The lowest BCUT2D eigenvalue weighted by Gasteiger charge is -2.04. The number of sulfonamides is 1. The zero-order chi connectivity index (χ0) is 13.8. The Hall–Kier alpha value is -1.66. The van der Waals surface area contributed by atoms with Crippen molar-refractivity contribution in [1.29, 1.82) is 0 Å². The Kier molecular flexibility index (Phi) is 4.63. The molecular formula is C12H15NO4S. The van der Waals surface area contributed by atoms with Crippen molar-refractivity contribution >= 4 is 22.1 Å². The fourth-order valence-electron chi connectivity index (χ4n) is 1.33. The van der Waals surface area contributed by atoms with Gasteiger partial charge < -0.3 is 5.11 Å². The number of carbonyl (C=O) groups is 1. The molecule has 0 spiro atoms. The third-order valence-corrected chi connectivity index (χ3v) is 3.81. The van der Waals surface area contributed by atoms with Gasteiger partial charge in [-0.05, 0) is 30.7 Å². The quantitative estimate of drug-likeness (QED) is 0.793. The lowest BCUT2D eigenvalue weighted by Crippen LogP contribution is -2.22. The van der Waals surface area contributed by atoms with E-state index in [1.807, 2.05) is 0 Å². The van der Waals surface area contributed by atoms with E-state index in [2.05, 4.69) is 4.72 Å². The number of benzene rings is 1. The molecule has 0 aliphatic carbocycles. The third-order valence-electron chi connectivity index (χ3n) is 2.25. The van der Waals surface area contributed by atoms with Gasteiger partial charge in [-0.15, -0.1) is 0 Å². The molecule has 2 N–H and O–H groups in total. The van der Waals surface area contributed by atoms with Crippen molar-refractivity contribution in [3.05, 3.63) is 35.4 Å². The first-order chi connectivity index (χ1) is 8.36. The molecule has 0 saturated heterocycles. The van der Waals surface area contributed by atoms with Gasteiger partial charge in [0.2, 0.25) is 10.0 Å². The molecule has 0 radical (unpaired) electrons. The van der Waals surface area contributed by atoms with Crippen molar-refractivity contribution in [2.24, 2.45) is 0 Å². The highest BCUT2D eigenvalue weighted by molar-refractivity contribution is 7.89. The summed E-state index contributed by atoms with van der Waals surface area (Å²) in [5, 5.41) is 8.72. The molecule has 0 fully saturated rings. The van der Waals surface area contributed by atoms with Crippen molar-refractivity contribution < 1.29 is 18.3 Å². The molecule has 0 saturated carbocycles.